The number of hydrogen-bond donors (Lipinski definition) is 1. The van der Waals surface area contributed by atoms with Crippen LogP contribution in [0.15, 0.2) is 75.4 Å². The SMILES string of the molecule is Cc1cccc(S(=O)(=O)c2ccc(=O)n(CC(=O)Nc3ccccc3C)n2)c1. The fraction of sp³-hybridized carbons (Fsp3) is 0.150. The number of anilines is 1. The Morgan fingerprint density at radius 3 is 2.50 bits per heavy atom. The number of nitrogens with zero attached hydrogens (tertiary/aromatic N) is 2. The average Bonchev–Trinajstić information content (AvgIpc) is 2.65. The number of benzene rings is 2. The van der Waals surface area contributed by atoms with Crippen molar-refractivity contribution >= 4 is 21.4 Å². The Morgan fingerprint density at radius 2 is 1.79 bits per heavy atom. The zero-order valence-electron chi connectivity index (χ0n) is 15.4. The Kier molecular flexibility index (Phi) is 5.41. The third-order valence-electron chi connectivity index (χ3n) is 4.13. The van der Waals surface area contributed by atoms with Crippen LogP contribution < -0.4 is 10.9 Å². The van der Waals surface area contributed by atoms with E-state index in [9.17, 15) is 18.0 Å². The van der Waals surface area contributed by atoms with Crippen LogP contribution in [0.2, 0.25) is 0 Å². The molecule has 3 aromatic rings. The summed E-state index contributed by atoms with van der Waals surface area (Å²) in [5.41, 5.74) is 1.70. The molecule has 0 aliphatic carbocycles. The lowest BCUT2D eigenvalue weighted by Gasteiger charge is -2.10. The predicted molar refractivity (Wildman–Crippen MR) is 105 cm³/mol. The van der Waals surface area contributed by atoms with E-state index in [4.69, 9.17) is 0 Å². The van der Waals surface area contributed by atoms with Crippen LogP contribution in [0, 0.1) is 13.8 Å². The molecular formula is C20H19N3O4S. The molecule has 28 heavy (non-hydrogen) atoms. The van der Waals surface area contributed by atoms with Gasteiger partial charge in [0.25, 0.3) is 5.56 Å². The Hall–Kier alpha value is -3.26. The highest BCUT2D eigenvalue weighted by atomic mass is 32.2. The minimum atomic E-state index is -3.90. The van der Waals surface area contributed by atoms with Gasteiger partial charge in [-0.1, -0.05) is 30.3 Å². The van der Waals surface area contributed by atoms with E-state index in [2.05, 4.69) is 10.4 Å². The third-order valence-corrected chi connectivity index (χ3v) is 5.77. The van der Waals surface area contributed by atoms with Crippen LogP contribution >= 0.6 is 0 Å². The van der Waals surface area contributed by atoms with Gasteiger partial charge in [0, 0.05) is 11.8 Å². The zero-order chi connectivity index (χ0) is 20.3. The Labute approximate surface area is 162 Å². The summed E-state index contributed by atoms with van der Waals surface area (Å²) in [6.07, 6.45) is 0. The maximum Gasteiger partial charge on any atom is 0.267 e. The molecule has 0 saturated carbocycles. The summed E-state index contributed by atoms with van der Waals surface area (Å²) in [5.74, 6) is -0.478. The van der Waals surface area contributed by atoms with Gasteiger partial charge in [-0.05, 0) is 49.2 Å². The van der Waals surface area contributed by atoms with Gasteiger partial charge in [0.2, 0.25) is 15.7 Å². The molecule has 0 saturated heterocycles. The monoisotopic (exact) mass is 397 g/mol. The molecule has 0 aliphatic heterocycles. The van der Waals surface area contributed by atoms with Gasteiger partial charge >= 0.3 is 0 Å². The first kappa shape index (κ1) is 19.5. The lowest BCUT2D eigenvalue weighted by atomic mass is 10.2. The van der Waals surface area contributed by atoms with Crippen molar-refractivity contribution in [3.63, 3.8) is 0 Å². The van der Waals surface area contributed by atoms with Crippen molar-refractivity contribution in [3.05, 3.63) is 82.1 Å². The van der Waals surface area contributed by atoms with Gasteiger partial charge in [0.05, 0.1) is 4.90 Å². The second kappa shape index (κ2) is 7.77. The van der Waals surface area contributed by atoms with Crippen LogP contribution in [0.1, 0.15) is 11.1 Å². The second-order valence-corrected chi connectivity index (χ2v) is 8.25. The van der Waals surface area contributed by atoms with Crippen LogP contribution in [0.3, 0.4) is 0 Å². The summed E-state index contributed by atoms with van der Waals surface area (Å²) in [6.45, 7) is 3.22. The van der Waals surface area contributed by atoms with Crippen LogP contribution in [0.4, 0.5) is 5.69 Å². The molecule has 0 aliphatic rings. The van der Waals surface area contributed by atoms with Crippen LogP contribution in [0.25, 0.3) is 0 Å². The van der Waals surface area contributed by atoms with Gasteiger partial charge in [-0.25, -0.2) is 13.1 Å². The highest BCUT2D eigenvalue weighted by Crippen LogP contribution is 2.19. The molecule has 0 bridgehead atoms. The first-order valence-electron chi connectivity index (χ1n) is 8.53. The van der Waals surface area contributed by atoms with Crippen molar-refractivity contribution < 1.29 is 13.2 Å². The number of nitrogens with one attached hydrogen (secondary N) is 1. The van der Waals surface area contributed by atoms with Crippen LogP contribution in [0.5, 0.6) is 0 Å². The number of amides is 1. The average molecular weight is 397 g/mol. The van der Waals surface area contributed by atoms with Gasteiger partial charge in [0.15, 0.2) is 5.03 Å². The standard InChI is InChI=1S/C20H19N3O4S/c1-14-6-5-8-16(12-14)28(26,27)19-10-11-20(25)23(22-19)13-18(24)21-17-9-4-3-7-15(17)2/h3-12H,13H2,1-2H3,(H,21,24). The fourth-order valence-corrected chi connectivity index (χ4v) is 3.92. The molecule has 1 aromatic heterocycles. The number of aryl methyl sites for hydroxylation is 2. The van der Waals surface area contributed by atoms with Crippen molar-refractivity contribution in [2.45, 2.75) is 30.3 Å². The quantitative estimate of drug-likeness (QED) is 0.713. The van der Waals surface area contributed by atoms with E-state index in [1.807, 2.05) is 19.1 Å². The van der Waals surface area contributed by atoms with Crippen molar-refractivity contribution in [2.75, 3.05) is 5.32 Å². The summed E-state index contributed by atoms with van der Waals surface area (Å²) < 4.78 is 26.4. The van der Waals surface area contributed by atoms with E-state index in [-0.39, 0.29) is 9.92 Å². The first-order valence-corrected chi connectivity index (χ1v) is 10.0. The third kappa shape index (κ3) is 4.17. The fourth-order valence-electron chi connectivity index (χ4n) is 2.63. The van der Waals surface area contributed by atoms with E-state index >= 15 is 0 Å². The largest absolute Gasteiger partial charge is 0.324 e. The van der Waals surface area contributed by atoms with E-state index in [0.29, 0.717) is 5.69 Å². The molecule has 0 atom stereocenters. The molecule has 0 unspecified atom stereocenters. The summed E-state index contributed by atoms with van der Waals surface area (Å²) in [6, 6.07) is 15.8. The molecule has 7 nitrogen and oxygen atoms in total. The van der Waals surface area contributed by atoms with Crippen molar-refractivity contribution in [3.8, 4) is 0 Å². The van der Waals surface area contributed by atoms with Gasteiger partial charge in [-0.2, -0.15) is 5.10 Å². The molecule has 144 valence electrons. The summed E-state index contributed by atoms with van der Waals surface area (Å²) in [4.78, 5) is 24.4. The summed E-state index contributed by atoms with van der Waals surface area (Å²) in [5, 5.41) is 6.31. The van der Waals surface area contributed by atoms with Crippen LogP contribution in [-0.2, 0) is 21.2 Å². The Balaban J connectivity index is 1.89. The molecule has 0 fully saturated rings. The van der Waals surface area contributed by atoms with E-state index in [0.717, 1.165) is 27.9 Å². The normalized spacial score (nSPS) is 11.2. The van der Waals surface area contributed by atoms with Gasteiger partial charge in [0.1, 0.15) is 6.54 Å². The minimum absolute atomic E-state index is 0.0783. The van der Waals surface area contributed by atoms with Gasteiger partial charge in [-0.15, -0.1) is 0 Å². The molecule has 0 radical (unpaired) electrons. The highest BCUT2D eigenvalue weighted by Gasteiger charge is 2.21. The van der Waals surface area contributed by atoms with E-state index < -0.39 is 27.8 Å². The van der Waals surface area contributed by atoms with Crippen molar-refractivity contribution in [1.82, 2.24) is 9.78 Å². The molecule has 2 aromatic carbocycles. The van der Waals surface area contributed by atoms with Crippen LogP contribution in [-0.4, -0.2) is 24.1 Å². The van der Waals surface area contributed by atoms with Gasteiger partial charge in [-0.3, -0.25) is 9.59 Å². The second-order valence-electron chi connectivity index (χ2n) is 6.35. The number of para-hydroxylation sites is 1. The number of hydrogen-bond acceptors (Lipinski definition) is 5. The summed E-state index contributed by atoms with van der Waals surface area (Å²) >= 11 is 0. The molecule has 8 heteroatoms. The van der Waals surface area contributed by atoms with E-state index in [1.165, 1.54) is 12.1 Å². The predicted octanol–water partition coefficient (Wildman–Crippen LogP) is 2.33. The molecule has 3 rings (SSSR count). The molecular weight excluding hydrogens is 378 g/mol. The molecule has 1 amide bonds. The topological polar surface area (TPSA) is 98.1 Å². The smallest absolute Gasteiger partial charge is 0.267 e. The van der Waals surface area contributed by atoms with Crippen molar-refractivity contribution in [1.29, 1.82) is 0 Å². The maximum atomic E-state index is 12.8. The maximum absolute atomic E-state index is 12.8. The summed E-state index contributed by atoms with van der Waals surface area (Å²) in [7, 11) is -3.90. The van der Waals surface area contributed by atoms with E-state index in [1.54, 1.807) is 31.2 Å². The lowest BCUT2D eigenvalue weighted by Crippen LogP contribution is -2.30. The number of carbonyl (C=O) groups excluding carboxylic acids is 1. The Bertz CT molecular complexity index is 1200. The Morgan fingerprint density at radius 1 is 1.04 bits per heavy atom. The molecule has 1 N–H and O–H groups in total. The number of rotatable bonds is 5. The number of carbonyl (C=O) groups is 1. The number of sulfone groups is 1. The molecule has 0 spiro atoms. The highest BCUT2D eigenvalue weighted by molar-refractivity contribution is 7.91. The van der Waals surface area contributed by atoms with Crippen molar-refractivity contribution in [2.24, 2.45) is 0 Å². The molecule has 1 heterocycles. The zero-order valence-corrected chi connectivity index (χ0v) is 16.2. The minimum Gasteiger partial charge on any atom is -0.324 e. The van der Waals surface area contributed by atoms with Gasteiger partial charge < -0.3 is 5.32 Å². The number of aromatic nitrogens is 2. The first-order chi connectivity index (χ1) is 13.3. The lowest BCUT2D eigenvalue weighted by molar-refractivity contribution is -0.117.